The SMILES string of the molecule is CCSCCN(CC(=O)O)c1ccccc1. The van der Waals surface area contributed by atoms with Crippen LogP contribution in [0.25, 0.3) is 0 Å². The van der Waals surface area contributed by atoms with Crippen LogP contribution < -0.4 is 4.90 Å². The molecule has 16 heavy (non-hydrogen) atoms. The number of carboxylic acid groups (broad SMARTS) is 1. The minimum Gasteiger partial charge on any atom is -0.480 e. The largest absolute Gasteiger partial charge is 0.480 e. The van der Waals surface area contributed by atoms with Gasteiger partial charge >= 0.3 is 5.97 Å². The van der Waals surface area contributed by atoms with Crippen LogP contribution in [-0.2, 0) is 4.79 Å². The van der Waals surface area contributed by atoms with Crippen LogP contribution in [0, 0.1) is 0 Å². The number of rotatable bonds is 7. The fourth-order valence-electron chi connectivity index (χ4n) is 1.42. The Balaban J connectivity index is 2.60. The van der Waals surface area contributed by atoms with Crippen LogP contribution in [0.2, 0.25) is 0 Å². The van der Waals surface area contributed by atoms with Gasteiger partial charge in [0.25, 0.3) is 0 Å². The molecule has 1 aromatic rings. The number of thioether (sulfide) groups is 1. The number of nitrogens with zero attached hydrogens (tertiary/aromatic N) is 1. The third-order valence-electron chi connectivity index (χ3n) is 2.16. The van der Waals surface area contributed by atoms with Crippen LogP contribution in [0.1, 0.15) is 6.92 Å². The zero-order chi connectivity index (χ0) is 11.8. The molecule has 0 radical (unpaired) electrons. The average Bonchev–Trinajstić information content (AvgIpc) is 2.29. The molecule has 0 aliphatic rings. The van der Waals surface area contributed by atoms with Crippen molar-refractivity contribution in [1.82, 2.24) is 0 Å². The smallest absolute Gasteiger partial charge is 0.323 e. The van der Waals surface area contributed by atoms with Gasteiger partial charge in [-0.15, -0.1) is 0 Å². The van der Waals surface area contributed by atoms with Crippen molar-refractivity contribution in [3.63, 3.8) is 0 Å². The average molecular weight is 239 g/mol. The Morgan fingerprint density at radius 1 is 1.38 bits per heavy atom. The molecule has 0 bridgehead atoms. The highest BCUT2D eigenvalue weighted by atomic mass is 32.2. The lowest BCUT2D eigenvalue weighted by atomic mass is 10.3. The van der Waals surface area contributed by atoms with E-state index in [0.29, 0.717) is 0 Å². The Hall–Kier alpha value is -1.16. The van der Waals surface area contributed by atoms with Gasteiger partial charge in [0, 0.05) is 18.0 Å². The third-order valence-corrected chi connectivity index (χ3v) is 3.04. The second-order valence-corrected chi connectivity index (χ2v) is 4.74. The Bertz CT molecular complexity index is 316. The number of para-hydroxylation sites is 1. The molecule has 0 spiro atoms. The van der Waals surface area contributed by atoms with Crippen LogP contribution >= 0.6 is 11.8 Å². The normalized spacial score (nSPS) is 10.1. The van der Waals surface area contributed by atoms with Gasteiger partial charge in [0.05, 0.1) is 0 Å². The lowest BCUT2D eigenvalue weighted by Gasteiger charge is -2.22. The van der Waals surface area contributed by atoms with E-state index < -0.39 is 5.97 Å². The van der Waals surface area contributed by atoms with Crippen molar-refractivity contribution in [1.29, 1.82) is 0 Å². The van der Waals surface area contributed by atoms with Gasteiger partial charge in [-0.05, 0) is 17.9 Å². The Labute approximate surface area is 100 Å². The van der Waals surface area contributed by atoms with E-state index in [4.69, 9.17) is 5.11 Å². The molecule has 0 amide bonds. The summed E-state index contributed by atoms with van der Waals surface area (Å²) >= 11 is 1.82. The Kier molecular flexibility index (Phi) is 5.78. The van der Waals surface area contributed by atoms with E-state index in [2.05, 4.69) is 6.92 Å². The molecule has 0 heterocycles. The van der Waals surface area contributed by atoms with Crippen LogP contribution in [0.3, 0.4) is 0 Å². The van der Waals surface area contributed by atoms with E-state index in [1.807, 2.05) is 47.0 Å². The highest BCUT2D eigenvalue weighted by Gasteiger charge is 2.09. The molecule has 0 fully saturated rings. The molecule has 0 aliphatic heterocycles. The van der Waals surface area contributed by atoms with E-state index in [1.165, 1.54) is 0 Å². The van der Waals surface area contributed by atoms with Crippen molar-refractivity contribution < 1.29 is 9.90 Å². The fourth-order valence-corrected chi connectivity index (χ4v) is 2.06. The van der Waals surface area contributed by atoms with Gasteiger partial charge < -0.3 is 10.0 Å². The van der Waals surface area contributed by atoms with E-state index >= 15 is 0 Å². The van der Waals surface area contributed by atoms with Crippen molar-refractivity contribution in [3.8, 4) is 0 Å². The molecule has 0 atom stereocenters. The first-order valence-corrected chi connectivity index (χ1v) is 6.49. The molecule has 0 aliphatic carbocycles. The summed E-state index contributed by atoms with van der Waals surface area (Å²) in [6.07, 6.45) is 0. The summed E-state index contributed by atoms with van der Waals surface area (Å²) in [5, 5.41) is 8.85. The standard InChI is InChI=1S/C12H17NO2S/c1-2-16-9-8-13(10-12(14)15)11-6-4-3-5-7-11/h3-7H,2,8-10H2,1H3,(H,14,15). The van der Waals surface area contributed by atoms with Gasteiger partial charge in [0.1, 0.15) is 6.54 Å². The van der Waals surface area contributed by atoms with Crippen LogP contribution in [-0.4, -0.2) is 35.7 Å². The highest BCUT2D eigenvalue weighted by Crippen LogP contribution is 2.13. The molecule has 1 N–H and O–H groups in total. The first-order chi connectivity index (χ1) is 7.74. The van der Waals surface area contributed by atoms with Crippen molar-refractivity contribution in [3.05, 3.63) is 30.3 Å². The molecule has 1 aromatic carbocycles. The molecule has 0 saturated heterocycles. The second kappa shape index (κ2) is 7.17. The summed E-state index contributed by atoms with van der Waals surface area (Å²) in [4.78, 5) is 12.7. The summed E-state index contributed by atoms with van der Waals surface area (Å²) in [5.41, 5.74) is 0.974. The maximum absolute atomic E-state index is 10.8. The van der Waals surface area contributed by atoms with Crippen molar-refractivity contribution in [2.75, 3.05) is 29.5 Å². The van der Waals surface area contributed by atoms with Crippen molar-refractivity contribution in [2.45, 2.75) is 6.92 Å². The van der Waals surface area contributed by atoms with Gasteiger partial charge in [-0.2, -0.15) is 11.8 Å². The molecular formula is C12H17NO2S. The summed E-state index contributed by atoms with van der Waals surface area (Å²) in [6, 6.07) is 9.68. The zero-order valence-corrected chi connectivity index (χ0v) is 10.2. The predicted molar refractivity (Wildman–Crippen MR) is 69.3 cm³/mol. The maximum atomic E-state index is 10.8. The molecule has 0 aromatic heterocycles. The number of anilines is 1. The number of aliphatic carboxylic acids is 1. The van der Waals surface area contributed by atoms with Crippen molar-refractivity contribution >= 4 is 23.4 Å². The maximum Gasteiger partial charge on any atom is 0.323 e. The zero-order valence-electron chi connectivity index (χ0n) is 9.43. The molecular weight excluding hydrogens is 222 g/mol. The van der Waals surface area contributed by atoms with Gasteiger partial charge in [-0.25, -0.2) is 0 Å². The molecule has 4 heteroatoms. The first kappa shape index (κ1) is 12.9. The van der Waals surface area contributed by atoms with E-state index in [-0.39, 0.29) is 6.54 Å². The van der Waals surface area contributed by atoms with Gasteiger partial charge in [0.15, 0.2) is 0 Å². The van der Waals surface area contributed by atoms with E-state index in [1.54, 1.807) is 0 Å². The van der Waals surface area contributed by atoms with Gasteiger partial charge in [-0.3, -0.25) is 4.79 Å². The van der Waals surface area contributed by atoms with Crippen LogP contribution in [0.5, 0.6) is 0 Å². The quantitative estimate of drug-likeness (QED) is 0.741. The molecule has 0 saturated carbocycles. The Morgan fingerprint density at radius 2 is 2.06 bits per heavy atom. The summed E-state index contributed by atoms with van der Waals surface area (Å²) in [7, 11) is 0. The lowest BCUT2D eigenvalue weighted by Crippen LogP contribution is -2.31. The lowest BCUT2D eigenvalue weighted by molar-refractivity contribution is -0.135. The number of hydrogen-bond donors (Lipinski definition) is 1. The highest BCUT2D eigenvalue weighted by molar-refractivity contribution is 7.99. The topological polar surface area (TPSA) is 40.5 Å². The Morgan fingerprint density at radius 3 is 2.62 bits per heavy atom. The van der Waals surface area contributed by atoms with Gasteiger partial charge in [-0.1, -0.05) is 25.1 Å². The minimum absolute atomic E-state index is 0.0638. The van der Waals surface area contributed by atoms with Crippen LogP contribution in [0.4, 0.5) is 5.69 Å². The summed E-state index contributed by atoms with van der Waals surface area (Å²) < 4.78 is 0. The summed E-state index contributed by atoms with van der Waals surface area (Å²) in [5.74, 6) is 1.24. The molecule has 0 unspecified atom stereocenters. The van der Waals surface area contributed by atoms with Crippen molar-refractivity contribution in [2.24, 2.45) is 0 Å². The predicted octanol–water partition coefficient (Wildman–Crippen LogP) is 2.33. The van der Waals surface area contributed by atoms with E-state index in [0.717, 1.165) is 23.7 Å². The minimum atomic E-state index is -0.787. The van der Waals surface area contributed by atoms with Crippen LogP contribution in [0.15, 0.2) is 30.3 Å². The third kappa shape index (κ3) is 4.57. The molecule has 1 rings (SSSR count). The number of carboxylic acids is 1. The fraction of sp³-hybridized carbons (Fsp3) is 0.417. The monoisotopic (exact) mass is 239 g/mol. The second-order valence-electron chi connectivity index (χ2n) is 3.35. The summed E-state index contributed by atoms with van der Waals surface area (Å²) in [6.45, 7) is 2.94. The van der Waals surface area contributed by atoms with Gasteiger partial charge in [0.2, 0.25) is 0 Å². The molecule has 3 nitrogen and oxygen atoms in total. The number of carbonyl (C=O) groups is 1. The van der Waals surface area contributed by atoms with E-state index in [9.17, 15) is 4.79 Å². The number of hydrogen-bond acceptors (Lipinski definition) is 3. The number of benzene rings is 1. The first-order valence-electron chi connectivity index (χ1n) is 5.33. The molecule has 88 valence electrons.